The molecule has 4 aromatic rings. The summed E-state index contributed by atoms with van der Waals surface area (Å²) in [5.74, 6) is 0. The zero-order chi connectivity index (χ0) is 25.8. The Kier molecular flexibility index (Phi) is 7.99. The number of benzene rings is 4. The van der Waals surface area contributed by atoms with Gasteiger partial charge in [0.15, 0.2) is 4.32 Å². The van der Waals surface area contributed by atoms with Gasteiger partial charge in [-0.3, -0.25) is 4.57 Å². The maximum atomic E-state index is 14.4. The molecule has 0 amide bonds. The maximum absolute atomic E-state index is 14.4. The Morgan fingerprint density at radius 1 is 0.568 bits per heavy atom. The summed E-state index contributed by atoms with van der Waals surface area (Å²) in [7, 11) is -3.48. The summed E-state index contributed by atoms with van der Waals surface area (Å²) < 4.78 is 24.7. The zero-order valence-electron chi connectivity index (χ0n) is 21.0. The van der Waals surface area contributed by atoms with Crippen LogP contribution in [0.2, 0.25) is 0 Å². The number of hydrogen-bond donors (Lipinski definition) is 0. The van der Waals surface area contributed by atoms with E-state index in [4.69, 9.17) is 9.05 Å². The van der Waals surface area contributed by atoms with Crippen LogP contribution in [-0.2, 0) is 23.1 Å². The summed E-state index contributed by atoms with van der Waals surface area (Å²) in [5, 5.41) is 0. The van der Waals surface area contributed by atoms with Gasteiger partial charge >= 0.3 is 7.60 Å². The van der Waals surface area contributed by atoms with Crippen molar-refractivity contribution in [3.63, 3.8) is 0 Å². The molecule has 0 radical (unpaired) electrons. The molecule has 0 spiro atoms. The lowest BCUT2D eigenvalue weighted by atomic mass is 9.72. The molecule has 6 heteroatoms. The Morgan fingerprint density at radius 3 is 1.08 bits per heavy atom. The van der Waals surface area contributed by atoms with Gasteiger partial charge in [0.2, 0.25) is 0 Å². The van der Waals surface area contributed by atoms with Crippen LogP contribution in [0.25, 0.3) is 0 Å². The van der Waals surface area contributed by atoms with Gasteiger partial charge in [-0.25, -0.2) is 0 Å². The molecule has 1 aliphatic rings. The van der Waals surface area contributed by atoms with E-state index < -0.39 is 21.4 Å². The lowest BCUT2D eigenvalue weighted by Gasteiger charge is -2.46. The van der Waals surface area contributed by atoms with E-state index in [0.717, 1.165) is 22.3 Å². The molecule has 0 bridgehead atoms. The van der Waals surface area contributed by atoms with Crippen molar-refractivity contribution in [1.29, 1.82) is 0 Å². The van der Waals surface area contributed by atoms with Gasteiger partial charge in [0, 0.05) is 0 Å². The van der Waals surface area contributed by atoms with Crippen molar-refractivity contribution in [3.8, 4) is 0 Å². The van der Waals surface area contributed by atoms with Gasteiger partial charge in [-0.2, -0.15) is 0 Å². The molecule has 190 valence electrons. The first-order valence-electron chi connectivity index (χ1n) is 12.6. The molecule has 1 aliphatic heterocycles. The van der Waals surface area contributed by atoms with Gasteiger partial charge in [0.25, 0.3) is 0 Å². The molecule has 5 rings (SSSR count). The van der Waals surface area contributed by atoms with Crippen molar-refractivity contribution in [2.24, 2.45) is 0 Å². The molecule has 37 heavy (non-hydrogen) atoms. The van der Waals surface area contributed by atoms with E-state index in [2.05, 4.69) is 97.1 Å². The van der Waals surface area contributed by atoms with Gasteiger partial charge < -0.3 is 9.05 Å². The van der Waals surface area contributed by atoms with Crippen LogP contribution in [0.15, 0.2) is 121 Å². The quantitative estimate of drug-likeness (QED) is 0.196. The standard InChI is InChI=1S/C31H31O3PS2/c1-3-33-35(32,34-4-2)29-36-30(25-17-9-5-10-18-25,26-19-11-6-12-20-26)31(37-29,27-21-13-7-14-22-27)28-23-15-8-16-24-28/h5-24,29H,3-4H2,1-2H3. The molecule has 3 nitrogen and oxygen atoms in total. The second kappa shape index (κ2) is 11.2. The highest BCUT2D eigenvalue weighted by Gasteiger charge is 2.66. The van der Waals surface area contributed by atoms with E-state index in [0.29, 0.717) is 13.2 Å². The zero-order valence-corrected chi connectivity index (χ0v) is 23.6. The van der Waals surface area contributed by atoms with E-state index in [1.165, 1.54) is 0 Å². The Hall–Kier alpha value is -2.27. The molecule has 0 atom stereocenters. The molecule has 0 unspecified atom stereocenters. The lowest BCUT2D eigenvalue weighted by Crippen LogP contribution is -2.43. The molecule has 0 aromatic heterocycles. The van der Waals surface area contributed by atoms with Crippen molar-refractivity contribution in [2.45, 2.75) is 27.7 Å². The molecular formula is C31H31O3PS2. The second-order valence-corrected chi connectivity index (χ2v) is 14.5. The largest absolute Gasteiger partial charge is 0.353 e. The minimum atomic E-state index is -3.48. The molecule has 0 saturated carbocycles. The van der Waals surface area contributed by atoms with E-state index in [1.54, 1.807) is 23.5 Å². The lowest BCUT2D eigenvalue weighted by molar-refractivity contribution is 0.222. The first-order chi connectivity index (χ1) is 18.1. The van der Waals surface area contributed by atoms with E-state index in [-0.39, 0.29) is 0 Å². The SMILES string of the molecule is CCOP(=O)(OCC)C1SC(c2ccccc2)(c2ccccc2)C(c2ccccc2)(c2ccccc2)S1. The van der Waals surface area contributed by atoms with Crippen molar-refractivity contribution in [3.05, 3.63) is 144 Å². The van der Waals surface area contributed by atoms with Crippen LogP contribution in [-0.4, -0.2) is 17.5 Å². The molecular weight excluding hydrogens is 515 g/mol. The van der Waals surface area contributed by atoms with E-state index >= 15 is 0 Å². The number of rotatable bonds is 9. The summed E-state index contributed by atoms with van der Waals surface area (Å²) in [6, 6.07) is 42.4. The summed E-state index contributed by atoms with van der Waals surface area (Å²) in [5.41, 5.74) is 4.59. The molecule has 1 heterocycles. The normalized spacial score (nSPS) is 17.0. The van der Waals surface area contributed by atoms with E-state index in [9.17, 15) is 4.57 Å². The highest BCUT2D eigenvalue weighted by molar-refractivity contribution is 8.27. The predicted octanol–water partition coefficient (Wildman–Crippen LogP) is 8.90. The van der Waals surface area contributed by atoms with Crippen LogP contribution in [0.4, 0.5) is 0 Å². The van der Waals surface area contributed by atoms with Crippen LogP contribution < -0.4 is 0 Å². The second-order valence-electron chi connectivity index (χ2n) is 8.74. The maximum Gasteiger partial charge on any atom is 0.353 e. The monoisotopic (exact) mass is 546 g/mol. The van der Waals surface area contributed by atoms with E-state index in [1.807, 2.05) is 38.1 Å². The smallest absolute Gasteiger partial charge is 0.308 e. The van der Waals surface area contributed by atoms with Gasteiger partial charge in [-0.15, -0.1) is 23.5 Å². The molecule has 4 aromatic carbocycles. The fourth-order valence-electron chi connectivity index (χ4n) is 5.25. The van der Waals surface area contributed by atoms with Crippen molar-refractivity contribution >= 4 is 31.1 Å². The third-order valence-electron chi connectivity index (χ3n) is 6.65. The Morgan fingerprint density at radius 2 is 0.838 bits per heavy atom. The summed E-state index contributed by atoms with van der Waals surface area (Å²) in [4.78, 5) is 0. The summed E-state index contributed by atoms with van der Waals surface area (Å²) in [6.07, 6.45) is 0. The first kappa shape index (κ1) is 26.3. The number of thioether (sulfide) groups is 2. The summed E-state index contributed by atoms with van der Waals surface area (Å²) >= 11 is 3.40. The summed E-state index contributed by atoms with van der Waals surface area (Å²) in [6.45, 7) is 4.39. The topological polar surface area (TPSA) is 35.5 Å². The molecule has 0 N–H and O–H groups in total. The molecule has 1 saturated heterocycles. The fourth-order valence-corrected chi connectivity index (χ4v) is 12.8. The Bertz CT molecular complexity index is 1150. The van der Waals surface area contributed by atoms with Crippen LogP contribution in [0.1, 0.15) is 36.1 Å². The van der Waals surface area contributed by atoms with Gasteiger partial charge in [0.05, 0.1) is 22.7 Å². The molecule has 0 aliphatic carbocycles. The highest BCUT2D eigenvalue weighted by Crippen LogP contribution is 2.80. The molecule has 1 fully saturated rings. The van der Waals surface area contributed by atoms with Crippen LogP contribution in [0, 0.1) is 0 Å². The van der Waals surface area contributed by atoms with Crippen LogP contribution in [0.3, 0.4) is 0 Å². The predicted molar refractivity (Wildman–Crippen MR) is 157 cm³/mol. The van der Waals surface area contributed by atoms with Crippen LogP contribution in [0.5, 0.6) is 0 Å². The highest BCUT2D eigenvalue weighted by atomic mass is 32.2. The number of hydrogen-bond acceptors (Lipinski definition) is 5. The van der Waals surface area contributed by atoms with Crippen molar-refractivity contribution in [2.75, 3.05) is 13.2 Å². The average molecular weight is 547 g/mol. The van der Waals surface area contributed by atoms with Gasteiger partial charge in [-0.05, 0) is 36.1 Å². The minimum absolute atomic E-state index is 0.322. The third-order valence-corrected chi connectivity index (χ3v) is 14.0. The minimum Gasteiger partial charge on any atom is -0.308 e. The van der Waals surface area contributed by atoms with Gasteiger partial charge in [-0.1, -0.05) is 121 Å². The Labute approximate surface area is 228 Å². The first-order valence-corrected chi connectivity index (χ1v) is 15.9. The average Bonchev–Trinajstić information content (AvgIpc) is 3.34. The van der Waals surface area contributed by atoms with Crippen molar-refractivity contribution in [1.82, 2.24) is 0 Å². The van der Waals surface area contributed by atoms with Crippen LogP contribution >= 0.6 is 31.1 Å². The Balaban J connectivity index is 1.91. The third kappa shape index (κ3) is 4.51. The van der Waals surface area contributed by atoms with Gasteiger partial charge in [0.1, 0.15) is 0 Å². The fraction of sp³-hybridized carbons (Fsp3) is 0.226. The van der Waals surface area contributed by atoms with Crippen molar-refractivity contribution < 1.29 is 13.6 Å².